The fraction of sp³-hybridized carbons (Fsp3) is 0.105. The van der Waals surface area contributed by atoms with E-state index in [1.807, 2.05) is 6.07 Å². The number of nitrogens with zero attached hydrogens (tertiary/aromatic N) is 1. The summed E-state index contributed by atoms with van der Waals surface area (Å²) < 4.78 is 18.2. The maximum absolute atomic E-state index is 12.9. The summed E-state index contributed by atoms with van der Waals surface area (Å²) in [7, 11) is 1.45. The van der Waals surface area contributed by atoms with Crippen LogP contribution in [0.4, 0.5) is 4.39 Å². The highest BCUT2D eigenvalue weighted by Crippen LogP contribution is 2.27. The minimum Gasteiger partial charge on any atom is -0.494 e. The molecule has 2 amide bonds. The summed E-state index contributed by atoms with van der Waals surface area (Å²) >= 11 is 0. The number of hydrogen-bond donors (Lipinski definition) is 2. The quantitative estimate of drug-likeness (QED) is 0.706. The summed E-state index contributed by atoms with van der Waals surface area (Å²) in [4.78, 5) is 28.6. The van der Waals surface area contributed by atoms with E-state index in [9.17, 15) is 14.0 Å². The second-order valence-electron chi connectivity index (χ2n) is 5.53. The number of nitrogens with one attached hydrogen (secondary N) is 2. The summed E-state index contributed by atoms with van der Waals surface area (Å²) in [5.74, 6) is -1.00. The number of amides is 2. The normalized spacial score (nSPS) is 10.4. The fourth-order valence-electron chi connectivity index (χ4n) is 2.53. The van der Waals surface area contributed by atoms with Crippen molar-refractivity contribution >= 4 is 22.7 Å². The van der Waals surface area contributed by atoms with Gasteiger partial charge in [0.15, 0.2) is 5.75 Å². The predicted octanol–water partition coefficient (Wildman–Crippen LogP) is 2.39. The van der Waals surface area contributed by atoms with Crippen molar-refractivity contribution in [3.63, 3.8) is 0 Å². The predicted molar refractivity (Wildman–Crippen MR) is 94.0 cm³/mol. The van der Waals surface area contributed by atoms with E-state index in [4.69, 9.17) is 4.74 Å². The molecule has 2 N–H and O–H groups in total. The van der Waals surface area contributed by atoms with E-state index in [1.54, 1.807) is 24.4 Å². The van der Waals surface area contributed by atoms with E-state index < -0.39 is 11.8 Å². The minimum atomic E-state index is -0.526. The molecule has 1 aromatic heterocycles. The third-order valence-electron chi connectivity index (χ3n) is 3.77. The summed E-state index contributed by atoms with van der Waals surface area (Å²) in [6, 6.07) is 12.6. The van der Waals surface area contributed by atoms with Gasteiger partial charge in [-0.3, -0.25) is 25.4 Å². The molecule has 0 saturated heterocycles. The van der Waals surface area contributed by atoms with Crippen molar-refractivity contribution < 1.29 is 18.7 Å². The SMILES string of the molecule is COc1c(C(=O)NNC(=O)Cc2ccc(F)cc2)ccc2cccnc12. The lowest BCUT2D eigenvalue weighted by Crippen LogP contribution is -2.42. The first-order chi connectivity index (χ1) is 12.6. The molecule has 0 spiro atoms. The van der Waals surface area contributed by atoms with Crippen molar-refractivity contribution in [2.45, 2.75) is 6.42 Å². The van der Waals surface area contributed by atoms with Crippen LogP contribution >= 0.6 is 0 Å². The topological polar surface area (TPSA) is 80.3 Å². The van der Waals surface area contributed by atoms with Crippen LogP contribution in [0.15, 0.2) is 54.7 Å². The van der Waals surface area contributed by atoms with Gasteiger partial charge in [0.25, 0.3) is 5.91 Å². The van der Waals surface area contributed by atoms with Gasteiger partial charge >= 0.3 is 0 Å². The van der Waals surface area contributed by atoms with E-state index in [-0.39, 0.29) is 17.8 Å². The Morgan fingerprint density at radius 1 is 1.08 bits per heavy atom. The highest BCUT2D eigenvalue weighted by molar-refractivity contribution is 6.03. The molecule has 1 heterocycles. The number of methoxy groups -OCH3 is 1. The standard InChI is InChI=1S/C19H16FN3O3/c1-26-18-15(9-6-13-3-2-10-21-17(13)18)19(25)23-22-16(24)11-12-4-7-14(20)8-5-12/h2-10H,11H2,1H3,(H,22,24)(H,23,25). The first-order valence-corrected chi connectivity index (χ1v) is 7.84. The molecule has 0 fully saturated rings. The smallest absolute Gasteiger partial charge is 0.273 e. The molecule has 0 atom stereocenters. The fourth-order valence-corrected chi connectivity index (χ4v) is 2.53. The average molecular weight is 353 g/mol. The van der Waals surface area contributed by atoms with Crippen LogP contribution in [-0.4, -0.2) is 23.9 Å². The highest BCUT2D eigenvalue weighted by atomic mass is 19.1. The van der Waals surface area contributed by atoms with E-state index in [2.05, 4.69) is 15.8 Å². The number of ether oxygens (including phenoxy) is 1. The Labute approximate surface area is 149 Å². The molecule has 26 heavy (non-hydrogen) atoms. The first kappa shape index (κ1) is 17.3. The number of carbonyl (C=O) groups is 2. The van der Waals surface area contributed by atoms with Crippen LogP contribution in [0.2, 0.25) is 0 Å². The molecule has 6 nitrogen and oxygen atoms in total. The Hall–Kier alpha value is -3.48. The van der Waals surface area contributed by atoms with Gasteiger partial charge in [0.2, 0.25) is 5.91 Å². The van der Waals surface area contributed by atoms with Crippen molar-refractivity contribution in [3.8, 4) is 5.75 Å². The number of fused-ring (bicyclic) bond motifs is 1. The Kier molecular flexibility index (Phi) is 5.07. The van der Waals surface area contributed by atoms with Crippen LogP contribution in [0.25, 0.3) is 10.9 Å². The number of hydrogen-bond acceptors (Lipinski definition) is 4. The van der Waals surface area contributed by atoms with Crippen LogP contribution in [0.1, 0.15) is 15.9 Å². The molecule has 0 aliphatic heterocycles. The Morgan fingerprint density at radius 2 is 1.85 bits per heavy atom. The van der Waals surface area contributed by atoms with E-state index >= 15 is 0 Å². The van der Waals surface area contributed by atoms with Gasteiger partial charge in [-0.15, -0.1) is 0 Å². The van der Waals surface area contributed by atoms with Gasteiger partial charge in [0.1, 0.15) is 11.3 Å². The number of benzene rings is 2. The molecule has 0 bridgehead atoms. The van der Waals surface area contributed by atoms with Gasteiger partial charge in [0, 0.05) is 11.6 Å². The van der Waals surface area contributed by atoms with Gasteiger partial charge in [-0.25, -0.2) is 4.39 Å². The number of pyridine rings is 1. The molecule has 7 heteroatoms. The highest BCUT2D eigenvalue weighted by Gasteiger charge is 2.16. The van der Waals surface area contributed by atoms with E-state index in [1.165, 1.54) is 31.4 Å². The van der Waals surface area contributed by atoms with Crippen LogP contribution in [0.5, 0.6) is 5.75 Å². The monoisotopic (exact) mass is 353 g/mol. The molecular formula is C19H16FN3O3. The van der Waals surface area contributed by atoms with Crippen molar-refractivity contribution in [2.75, 3.05) is 7.11 Å². The minimum absolute atomic E-state index is 0.0109. The zero-order valence-electron chi connectivity index (χ0n) is 14.0. The number of aromatic nitrogens is 1. The lowest BCUT2D eigenvalue weighted by Gasteiger charge is -2.12. The molecule has 3 rings (SSSR count). The molecule has 132 valence electrons. The molecule has 0 aliphatic rings. The summed E-state index contributed by atoms with van der Waals surface area (Å²) in [6.45, 7) is 0. The summed E-state index contributed by atoms with van der Waals surface area (Å²) in [6.07, 6.45) is 1.62. The summed E-state index contributed by atoms with van der Waals surface area (Å²) in [5, 5.41) is 0.834. The Bertz CT molecular complexity index is 958. The van der Waals surface area contributed by atoms with Crippen LogP contribution in [0, 0.1) is 5.82 Å². The van der Waals surface area contributed by atoms with Crippen molar-refractivity contribution in [1.82, 2.24) is 15.8 Å². The number of hydrazine groups is 1. The van der Waals surface area contributed by atoms with Crippen molar-refractivity contribution in [3.05, 3.63) is 71.7 Å². The number of carbonyl (C=O) groups excluding carboxylic acids is 2. The molecule has 0 unspecified atom stereocenters. The maximum atomic E-state index is 12.9. The average Bonchev–Trinajstić information content (AvgIpc) is 2.67. The Balaban J connectivity index is 1.69. The molecular weight excluding hydrogens is 337 g/mol. The number of halogens is 1. The second-order valence-corrected chi connectivity index (χ2v) is 5.53. The lowest BCUT2D eigenvalue weighted by atomic mass is 10.1. The van der Waals surface area contributed by atoms with Crippen LogP contribution in [0.3, 0.4) is 0 Å². The molecule has 0 aliphatic carbocycles. The zero-order valence-corrected chi connectivity index (χ0v) is 14.0. The molecule has 0 saturated carbocycles. The zero-order chi connectivity index (χ0) is 18.5. The first-order valence-electron chi connectivity index (χ1n) is 7.84. The van der Waals surface area contributed by atoms with Gasteiger partial charge < -0.3 is 4.74 Å². The van der Waals surface area contributed by atoms with E-state index in [0.29, 0.717) is 16.8 Å². The van der Waals surface area contributed by atoms with E-state index in [0.717, 1.165) is 5.39 Å². The molecule has 3 aromatic rings. The maximum Gasteiger partial charge on any atom is 0.273 e. The second kappa shape index (κ2) is 7.60. The largest absolute Gasteiger partial charge is 0.494 e. The lowest BCUT2D eigenvalue weighted by molar-refractivity contribution is -0.121. The summed E-state index contributed by atoms with van der Waals surface area (Å²) in [5.41, 5.74) is 6.12. The third-order valence-corrected chi connectivity index (χ3v) is 3.77. The van der Waals surface area contributed by atoms with Crippen molar-refractivity contribution in [2.24, 2.45) is 0 Å². The van der Waals surface area contributed by atoms with Gasteiger partial charge in [0.05, 0.1) is 19.1 Å². The van der Waals surface area contributed by atoms with Gasteiger partial charge in [-0.1, -0.05) is 24.3 Å². The van der Waals surface area contributed by atoms with Crippen LogP contribution in [-0.2, 0) is 11.2 Å². The van der Waals surface area contributed by atoms with Crippen molar-refractivity contribution in [1.29, 1.82) is 0 Å². The van der Waals surface area contributed by atoms with Gasteiger partial charge in [-0.2, -0.15) is 0 Å². The molecule has 2 aromatic carbocycles. The van der Waals surface area contributed by atoms with Crippen LogP contribution < -0.4 is 15.6 Å². The van der Waals surface area contributed by atoms with Gasteiger partial charge in [-0.05, 0) is 29.8 Å². The third kappa shape index (κ3) is 3.77. The molecule has 0 radical (unpaired) electrons. The number of rotatable bonds is 4. The Morgan fingerprint density at radius 3 is 2.58 bits per heavy atom.